The number of fused-ring (bicyclic) bond motifs is 2. The van der Waals surface area contributed by atoms with Gasteiger partial charge in [0.2, 0.25) is 0 Å². The average molecular weight is 340 g/mol. The first-order valence-electron chi connectivity index (χ1n) is 7.71. The molecule has 2 fully saturated rings. The lowest BCUT2D eigenvalue weighted by Gasteiger charge is -2.41. The summed E-state index contributed by atoms with van der Waals surface area (Å²) in [5.74, 6) is -0.971. The van der Waals surface area contributed by atoms with Crippen LogP contribution in [0, 0.1) is 0 Å². The molecule has 0 aromatic heterocycles. The number of ether oxygens (including phenoxy) is 2. The Bertz CT molecular complexity index is 602. The zero-order chi connectivity index (χ0) is 15.7. The molecule has 2 atom stereocenters. The molecule has 0 spiro atoms. The summed E-state index contributed by atoms with van der Waals surface area (Å²) in [7, 11) is 3.33. The van der Waals surface area contributed by atoms with Gasteiger partial charge in [0, 0.05) is 18.9 Å². The Morgan fingerprint density at radius 1 is 1.13 bits per heavy atom. The number of esters is 2. The van der Waals surface area contributed by atoms with Gasteiger partial charge in [0.05, 0.1) is 18.2 Å². The van der Waals surface area contributed by atoms with Gasteiger partial charge in [0.25, 0.3) is 0 Å². The van der Waals surface area contributed by atoms with Crippen molar-refractivity contribution in [1.82, 2.24) is 4.90 Å². The molecule has 0 N–H and O–H groups in total. The van der Waals surface area contributed by atoms with E-state index in [0.29, 0.717) is 6.04 Å². The summed E-state index contributed by atoms with van der Waals surface area (Å²) in [6.45, 7) is 0. The molecule has 6 heteroatoms. The molecule has 126 valence electrons. The molecular formula is C17H22ClNO4. The lowest BCUT2D eigenvalue weighted by atomic mass is 10.00. The smallest absolute Gasteiger partial charge is 0.340 e. The molecule has 2 bridgehead atoms. The number of halogens is 1. The van der Waals surface area contributed by atoms with Gasteiger partial charge in [-0.3, -0.25) is 4.90 Å². The zero-order valence-electron chi connectivity index (χ0n) is 13.4. The van der Waals surface area contributed by atoms with Gasteiger partial charge in [-0.15, -0.1) is 12.4 Å². The lowest BCUT2D eigenvalue weighted by Crippen LogP contribution is -2.50. The minimum absolute atomic E-state index is 0. The summed E-state index contributed by atoms with van der Waals surface area (Å²) in [4.78, 5) is 26.6. The van der Waals surface area contributed by atoms with E-state index in [1.807, 2.05) is 7.05 Å². The molecule has 0 unspecified atom stereocenters. The van der Waals surface area contributed by atoms with Crippen molar-refractivity contribution < 1.29 is 19.1 Å². The second-order valence-electron chi connectivity index (χ2n) is 6.07. The molecule has 0 amide bonds. The van der Waals surface area contributed by atoms with Crippen molar-refractivity contribution in [3.63, 3.8) is 0 Å². The number of nitrogens with zero attached hydrogens (tertiary/aromatic N) is 1. The molecule has 0 aliphatic carbocycles. The standard InChI is InChI=1S/C17H21NO4.ClH/c1-18-12-6-5-10-17(18,11-9-12)22-16(20)14-8-4-3-7-13(14)15(19)21-2;/h3-4,7-8,12H,5-6,9-11H2,1-2H3;1H/t12-,17-;/m1./s1. The van der Waals surface area contributed by atoms with Crippen molar-refractivity contribution in [2.75, 3.05) is 14.2 Å². The van der Waals surface area contributed by atoms with Gasteiger partial charge in [-0.05, 0) is 38.4 Å². The van der Waals surface area contributed by atoms with Crippen molar-refractivity contribution in [3.05, 3.63) is 35.4 Å². The maximum Gasteiger partial charge on any atom is 0.340 e. The number of rotatable bonds is 3. The predicted molar refractivity (Wildman–Crippen MR) is 87.8 cm³/mol. The van der Waals surface area contributed by atoms with E-state index in [0.717, 1.165) is 32.1 Å². The Balaban J connectivity index is 0.00000192. The van der Waals surface area contributed by atoms with Crippen LogP contribution in [-0.2, 0) is 9.47 Å². The van der Waals surface area contributed by atoms with E-state index in [-0.39, 0.29) is 23.5 Å². The van der Waals surface area contributed by atoms with Gasteiger partial charge in [0.1, 0.15) is 0 Å². The normalized spacial score (nSPS) is 26.3. The summed E-state index contributed by atoms with van der Waals surface area (Å²) in [5.41, 5.74) is 0.00835. The number of carbonyl (C=O) groups is 2. The highest BCUT2D eigenvalue weighted by molar-refractivity contribution is 6.03. The quantitative estimate of drug-likeness (QED) is 0.792. The van der Waals surface area contributed by atoms with Crippen molar-refractivity contribution in [3.8, 4) is 0 Å². The van der Waals surface area contributed by atoms with Crippen molar-refractivity contribution in [2.24, 2.45) is 0 Å². The van der Waals surface area contributed by atoms with Crippen LogP contribution < -0.4 is 0 Å². The van der Waals surface area contributed by atoms with Crippen LogP contribution in [-0.4, -0.2) is 42.8 Å². The van der Waals surface area contributed by atoms with E-state index in [2.05, 4.69) is 4.90 Å². The zero-order valence-corrected chi connectivity index (χ0v) is 14.2. The van der Waals surface area contributed by atoms with Crippen LogP contribution >= 0.6 is 12.4 Å². The molecule has 2 heterocycles. The van der Waals surface area contributed by atoms with Gasteiger partial charge < -0.3 is 9.47 Å². The maximum absolute atomic E-state index is 12.6. The second-order valence-corrected chi connectivity index (χ2v) is 6.07. The third-order valence-corrected chi connectivity index (χ3v) is 5.00. The average Bonchev–Trinajstić information content (AvgIpc) is 2.73. The third-order valence-electron chi connectivity index (χ3n) is 5.00. The van der Waals surface area contributed by atoms with Gasteiger partial charge in [-0.1, -0.05) is 12.1 Å². The number of hydrogen-bond acceptors (Lipinski definition) is 5. The second kappa shape index (κ2) is 6.89. The number of carbonyl (C=O) groups excluding carboxylic acids is 2. The van der Waals surface area contributed by atoms with Crippen molar-refractivity contribution >= 4 is 24.3 Å². The fourth-order valence-corrected chi connectivity index (χ4v) is 3.70. The van der Waals surface area contributed by atoms with Crippen LogP contribution in [0.3, 0.4) is 0 Å². The molecule has 0 saturated carbocycles. The molecular weight excluding hydrogens is 318 g/mol. The fraction of sp³-hybridized carbons (Fsp3) is 0.529. The summed E-state index contributed by atoms with van der Waals surface area (Å²) < 4.78 is 10.6. The summed E-state index contributed by atoms with van der Waals surface area (Å²) >= 11 is 0. The Hall–Kier alpha value is -1.59. The lowest BCUT2D eigenvalue weighted by molar-refractivity contribution is -0.116. The number of methoxy groups -OCH3 is 1. The van der Waals surface area contributed by atoms with Crippen LogP contribution in [0.25, 0.3) is 0 Å². The molecule has 2 aliphatic heterocycles. The number of benzene rings is 1. The molecule has 0 radical (unpaired) electrons. The summed E-state index contributed by atoms with van der Waals surface area (Å²) in [6, 6.07) is 7.13. The molecule has 5 nitrogen and oxygen atoms in total. The van der Waals surface area contributed by atoms with Crippen LogP contribution in [0.2, 0.25) is 0 Å². The fourth-order valence-electron chi connectivity index (χ4n) is 3.70. The molecule has 1 aromatic carbocycles. The van der Waals surface area contributed by atoms with Crippen LogP contribution in [0.15, 0.2) is 24.3 Å². The Kier molecular flexibility index (Phi) is 5.32. The van der Waals surface area contributed by atoms with E-state index in [1.165, 1.54) is 7.11 Å². The van der Waals surface area contributed by atoms with E-state index in [4.69, 9.17) is 9.47 Å². The van der Waals surface area contributed by atoms with Gasteiger partial charge in [-0.2, -0.15) is 0 Å². The van der Waals surface area contributed by atoms with Crippen LogP contribution in [0.4, 0.5) is 0 Å². The molecule has 2 saturated heterocycles. The highest BCUT2D eigenvalue weighted by atomic mass is 35.5. The van der Waals surface area contributed by atoms with Gasteiger partial charge in [-0.25, -0.2) is 9.59 Å². The van der Waals surface area contributed by atoms with Crippen molar-refractivity contribution in [1.29, 1.82) is 0 Å². The van der Waals surface area contributed by atoms with E-state index >= 15 is 0 Å². The Labute approximate surface area is 142 Å². The highest BCUT2D eigenvalue weighted by Gasteiger charge is 2.49. The summed E-state index contributed by atoms with van der Waals surface area (Å²) in [6.07, 6.45) is 5.00. The minimum Gasteiger partial charge on any atom is -0.465 e. The van der Waals surface area contributed by atoms with E-state index in [9.17, 15) is 9.59 Å². The first-order valence-corrected chi connectivity index (χ1v) is 7.71. The third kappa shape index (κ3) is 3.08. The Morgan fingerprint density at radius 3 is 2.43 bits per heavy atom. The highest BCUT2D eigenvalue weighted by Crippen LogP contribution is 2.44. The van der Waals surface area contributed by atoms with Gasteiger partial charge in [0.15, 0.2) is 5.72 Å². The molecule has 23 heavy (non-hydrogen) atoms. The monoisotopic (exact) mass is 339 g/mol. The van der Waals surface area contributed by atoms with E-state index < -0.39 is 17.7 Å². The van der Waals surface area contributed by atoms with Crippen LogP contribution in [0.5, 0.6) is 0 Å². The van der Waals surface area contributed by atoms with Crippen LogP contribution in [0.1, 0.15) is 52.8 Å². The minimum atomic E-state index is -0.522. The summed E-state index contributed by atoms with van der Waals surface area (Å²) in [5, 5.41) is 0. The van der Waals surface area contributed by atoms with E-state index in [1.54, 1.807) is 24.3 Å². The molecule has 1 aromatic rings. The Morgan fingerprint density at radius 2 is 1.78 bits per heavy atom. The molecule has 2 aliphatic rings. The largest absolute Gasteiger partial charge is 0.465 e. The first kappa shape index (κ1) is 17.8. The molecule has 3 rings (SSSR count). The predicted octanol–water partition coefficient (Wildman–Crippen LogP) is 3.03. The number of piperidine rings is 1. The van der Waals surface area contributed by atoms with Gasteiger partial charge >= 0.3 is 11.9 Å². The maximum atomic E-state index is 12.6. The topological polar surface area (TPSA) is 55.8 Å². The first-order chi connectivity index (χ1) is 10.6. The SMILES string of the molecule is COC(=O)c1ccccc1C(=O)O[C@]12CCC[C@H](CC1)N2C.Cl. The van der Waals surface area contributed by atoms with Crippen molar-refractivity contribution in [2.45, 2.75) is 43.9 Å². The number of hydrogen-bond donors (Lipinski definition) is 0.